The summed E-state index contributed by atoms with van der Waals surface area (Å²) < 4.78 is 20.7. The van der Waals surface area contributed by atoms with Gasteiger partial charge >= 0.3 is 5.97 Å². The van der Waals surface area contributed by atoms with E-state index in [-0.39, 0.29) is 12.2 Å². The number of rotatable bonds is 8. The number of methoxy groups -OCH3 is 2. The predicted octanol–water partition coefficient (Wildman–Crippen LogP) is 5.46. The Morgan fingerprint density at radius 2 is 1.95 bits per heavy atom. The second kappa shape index (κ2) is 12.5. The molecule has 11 heteroatoms. The van der Waals surface area contributed by atoms with Gasteiger partial charge in [0, 0.05) is 19.7 Å². The number of carbonyl (C=O) groups is 1. The number of hydrogen-bond acceptors (Lipinski definition) is 7. The van der Waals surface area contributed by atoms with Crippen molar-refractivity contribution in [1.82, 2.24) is 4.57 Å². The van der Waals surface area contributed by atoms with Crippen LogP contribution in [0.15, 0.2) is 51.4 Å². The summed E-state index contributed by atoms with van der Waals surface area (Å²) in [5.41, 5.74) is 1.99. The van der Waals surface area contributed by atoms with Gasteiger partial charge in [-0.25, -0.2) is 9.79 Å². The summed E-state index contributed by atoms with van der Waals surface area (Å²) in [6.45, 7) is 3.95. The van der Waals surface area contributed by atoms with Crippen molar-refractivity contribution in [3.8, 4) is 11.5 Å². The van der Waals surface area contributed by atoms with E-state index in [1.807, 2.05) is 25.1 Å². The van der Waals surface area contributed by atoms with E-state index in [0.29, 0.717) is 49.1 Å². The smallest absolute Gasteiger partial charge is 0.338 e. The Hall–Kier alpha value is -1.90. The van der Waals surface area contributed by atoms with Crippen LogP contribution in [0.4, 0.5) is 0 Å². The van der Waals surface area contributed by atoms with Crippen LogP contribution in [0.2, 0.25) is 5.02 Å². The third kappa shape index (κ3) is 5.68. The van der Waals surface area contributed by atoms with E-state index < -0.39 is 12.0 Å². The van der Waals surface area contributed by atoms with Crippen LogP contribution < -0.4 is 24.4 Å². The van der Waals surface area contributed by atoms with E-state index in [0.717, 1.165) is 19.1 Å². The zero-order valence-corrected chi connectivity index (χ0v) is 27.0. The Labute approximate surface area is 256 Å². The lowest BCUT2D eigenvalue weighted by atomic mass is 9.93. The van der Waals surface area contributed by atoms with Crippen molar-refractivity contribution in [2.24, 2.45) is 4.99 Å². The summed E-state index contributed by atoms with van der Waals surface area (Å²) in [4.78, 5) is 32.7. The van der Waals surface area contributed by atoms with Gasteiger partial charge in [0.2, 0.25) is 0 Å². The molecule has 1 aliphatic rings. The highest BCUT2D eigenvalue weighted by Gasteiger charge is 2.36. The minimum Gasteiger partial charge on any atom is -0.496 e. The van der Waals surface area contributed by atoms with Gasteiger partial charge < -0.3 is 14.2 Å². The lowest BCUT2D eigenvalue weighted by Crippen LogP contribution is -2.40. The molecule has 4 rings (SSSR count). The summed E-state index contributed by atoms with van der Waals surface area (Å²) in [7, 11) is 3.15. The topological polar surface area (TPSA) is 79.1 Å². The second-order valence-electron chi connectivity index (χ2n) is 8.31. The van der Waals surface area contributed by atoms with Gasteiger partial charge in [0.1, 0.15) is 17.5 Å². The summed E-state index contributed by atoms with van der Waals surface area (Å²) in [5, 5.41) is 0.457. The van der Waals surface area contributed by atoms with Gasteiger partial charge in [-0.2, -0.15) is 0 Å². The lowest BCUT2D eigenvalue weighted by Gasteiger charge is -2.27. The Morgan fingerprint density at radius 1 is 1.18 bits per heavy atom. The molecule has 3 aromatic rings. The summed E-state index contributed by atoms with van der Waals surface area (Å²) >= 11 is 12.1. The molecule has 0 saturated carbocycles. The minimum atomic E-state index is -0.819. The molecule has 0 fully saturated rings. The van der Waals surface area contributed by atoms with E-state index in [4.69, 9.17) is 30.8 Å². The quantitative estimate of drug-likeness (QED) is 0.225. The molecule has 2 heterocycles. The molecule has 0 amide bonds. The van der Waals surface area contributed by atoms with Gasteiger partial charge in [0.05, 0.1) is 40.2 Å². The third-order valence-electron chi connectivity index (χ3n) is 5.91. The average molecular weight is 779 g/mol. The number of hydrogen-bond donors (Lipinski definition) is 0. The highest BCUT2D eigenvalue weighted by Crippen LogP contribution is 2.38. The first kappa shape index (κ1) is 29.1. The van der Waals surface area contributed by atoms with Crippen molar-refractivity contribution in [3.05, 3.63) is 84.6 Å². The Bertz CT molecular complexity index is 1610. The summed E-state index contributed by atoms with van der Waals surface area (Å²) in [6.07, 6.45) is 3.11. The molecule has 0 radical (unpaired) electrons. The molecule has 200 valence electrons. The first-order valence-corrected chi connectivity index (χ1v) is 15.2. The van der Waals surface area contributed by atoms with Crippen molar-refractivity contribution in [1.29, 1.82) is 0 Å². The molecule has 0 unspecified atom stereocenters. The average Bonchev–Trinajstić information content (AvgIpc) is 3.17. The number of carbonyl (C=O) groups excluding carboxylic acids is 1. The fourth-order valence-corrected chi connectivity index (χ4v) is 7.68. The van der Waals surface area contributed by atoms with Crippen molar-refractivity contribution in [3.63, 3.8) is 0 Å². The number of thiazole rings is 1. The highest BCUT2D eigenvalue weighted by atomic mass is 127. The molecule has 0 saturated heterocycles. The van der Waals surface area contributed by atoms with Crippen molar-refractivity contribution >= 4 is 80.2 Å². The molecular formula is C27H25ClI2N2O5S. The van der Waals surface area contributed by atoms with E-state index in [1.165, 1.54) is 11.3 Å². The van der Waals surface area contributed by atoms with E-state index >= 15 is 0 Å². The van der Waals surface area contributed by atoms with Gasteiger partial charge in [-0.1, -0.05) is 36.3 Å². The van der Waals surface area contributed by atoms with Crippen LogP contribution in [0.25, 0.3) is 6.08 Å². The van der Waals surface area contributed by atoms with Crippen LogP contribution in [0.5, 0.6) is 11.5 Å². The van der Waals surface area contributed by atoms with Crippen molar-refractivity contribution in [2.75, 3.05) is 20.8 Å². The number of fused-ring (bicyclic) bond motifs is 1. The fourth-order valence-electron chi connectivity index (χ4n) is 4.38. The monoisotopic (exact) mass is 778 g/mol. The Morgan fingerprint density at radius 3 is 2.61 bits per heavy atom. The van der Waals surface area contributed by atoms with E-state index in [2.05, 4.69) is 45.2 Å². The number of aromatic nitrogens is 1. The molecule has 1 atom stereocenters. The lowest BCUT2D eigenvalue weighted by molar-refractivity contribution is -0.139. The third-order valence-corrected chi connectivity index (χ3v) is 8.55. The van der Waals surface area contributed by atoms with Gasteiger partial charge in [0.25, 0.3) is 5.56 Å². The molecule has 7 nitrogen and oxygen atoms in total. The van der Waals surface area contributed by atoms with Gasteiger partial charge in [-0.05, 0) is 94.9 Å². The summed E-state index contributed by atoms with van der Waals surface area (Å²) in [5.74, 6) is 0.668. The molecular weight excluding hydrogens is 754 g/mol. The van der Waals surface area contributed by atoms with Gasteiger partial charge in [-0.3, -0.25) is 9.36 Å². The number of ether oxygens (including phenoxy) is 3. The number of esters is 1. The standard InChI is InChI=1S/C27H25ClI2N2O5S/c1-5-7-19-22(26(34)37-6-2)23(17-12-15(28)8-9-20(17)35-3)32-25(33)21(38-27(32)31-19)11-14-10-16(29)13-18(30)24(14)36-4/h8-13,23H,5-7H2,1-4H3/b21-11+/t23-/m1/s1. The van der Waals surface area contributed by atoms with E-state index in [1.54, 1.807) is 43.9 Å². The maximum atomic E-state index is 14.0. The summed E-state index contributed by atoms with van der Waals surface area (Å²) in [6, 6.07) is 8.31. The van der Waals surface area contributed by atoms with Crippen LogP contribution in [-0.2, 0) is 9.53 Å². The second-order valence-corrected chi connectivity index (χ2v) is 12.2. The van der Waals surface area contributed by atoms with E-state index in [9.17, 15) is 9.59 Å². The predicted molar refractivity (Wildman–Crippen MR) is 166 cm³/mol. The van der Waals surface area contributed by atoms with Gasteiger partial charge in [-0.15, -0.1) is 0 Å². The number of halogens is 3. The van der Waals surface area contributed by atoms with Gasteiger partial charge in [0.15, 0.2) is 4.80 Å². The number of allylic oxidation sites excluding steroid dienone is 1. The van der Waals surface area contributed by atoms with Crippen LogP contribution in [0, 0.1) is 7.14 Å². The normalized spacial score (nSPS) is 15.2. The first-order valence-electron chi connectivity index (χ1n) is 11.8. The Kier molecular flexibility index (Phi) is 9.58. The molecule has 0 bridgehead atoms. The molecule has 38 heavy (non-hydrogen) atoms. The van der Waals surface area contributed by atoms with Crippen LogP contribution in [0.1, 0.15) is 43.9 Å². The zero-order chi connectivity index (χ0) is 27.6. The van der Waals surface area contributed by atoms with Crippen LogP contribution in [-0.4, -0.2) is 31.4 Å². The van der Waals surface area contributed by atoms with Crippen molar-refractivity contribution in [2.45, 2.75) is 32.7 Å². The molecule has 2 aromatic carbocycles. The molecule has 0 spiro atoms. The fraction of sp³-hybridized carbons (Fsp3) is 0.296. The minimum absolute atomic E-state index is 0.191. The maximum absolute atomic E-state index is 14.0. The highest BCUT2D eigenvalue weighted by molar-refractivity contribution is 14.1. The van der Waals surface area contributed by atoms with Crippen LogP contribution in [0.3, 0.4) is 0 Å². The molecule has 0 N–H and O–H groups in total. The Balaban J connectivity index is 2.08. The zero-order valence-electron chi connectivity index (χ0n) is 21.1. The molecule has 1 aromatic heterocycles. The molecule has 0 aliphatic carbocycles. The maximum Gasteiger partial charge on any atom is 0.338 e. The SMILES string of the molecule is CCCC1=C(C(=O)OCC)[C@@H](c2cc(Cl)ccc2OC)n2c(s/c(=C/c3cc(I)cc(I)c3OC)c2=O)=N1. The largest absolute Gasteiger partial charge is 0.496 e. The molecule has 1 aliphatic heterocycles. The number of benzene rings is 2. The van der Waals surface area contributed by atoms with Crippen LogP contribution >= 0.6 is 68.1 Å². The number of nitrogens with zero attached hydrogens (tertiary/aromatic N) is 2. The first-order chi connectivity index (χ1) is 18.2. The van der Waals surface area contributed by atoms with Crippen molar-refractivity contribution < 1.29 is 19.0 Å².